The Hall–Kier alpha value is -4.61. The first kappa shape index (κ1) is 29.5. The molecule has 2 aromatic heterocycles. The van der Waals surface area contributed by atoms with Crippen LogP contribution >= 0.6 is 0 Å². The number of aromatic nitrogens is 4. The van der Waals surface area contributed by atoms with Gasteiger partial charge in [0.05, 0.1) is 28.7 Å². The maximum atomic E-state index is 10.4. The summed E-state index contributed by atoms with van der Waals surface area (Å²) in [5.74, 6) is 2.50. The van der Waals surface area contributed by atoms with E-state index in [9.17, 15) is 4.79 Å². The fourth-order valence-electron chi connectivity index (χ4n) is 5.50. The molecule has 6 rings (SSSR count). The number of anilines is 1. The summed E-state index contributed by atoms with van der Waals surface area (Å²) in [6, 6.07) is 20.7. The van der Waals surface area contributed by atoms with Crippen molar-refractivity contribution >= 4 is 33.8 Å². The highest BCUT2D eigenvalue weighted by molar-refractivity contribution is 5.87. The van der Waals surface area contributed by atoms with Gasteiger partial charge in [0.25, 0.3) is 0 Å². The third-order valence-electron chi connectivity index (χ3n) is 8.06. The van der Waals surface area contributed by atoms with Gasteiger partial charge >= 0.3 is 6.09 Å². The van der Waals surface area contributed by atoms with Crippen LogP contribution in [-0.2, 0) is 0 Å². The molecule has 1 aliphatic rings. The van der Waals surface area contributed by atoms with E-state index in [-0.39, 0.29) is 0 Å². The van der Waals surface area contributed by atoms with Gasteiger partial charge in [-0.2, -0.15) is 0 Å². The zero-order valence-electron chi connectivity index (χ0n) is 25.1. The molecule has 11 nitrogen and oxygen atoms in total. The Kier molecular flexibility index (Phi) is 9.23. The van der Waals surface area contributed by atoms with Gasteiger partial charge in [-0.15, -0.1) is 0 Å². The van der Waals surface area contributed by atoms with Crippen molar-refractivity contribution < 1.29 is 14.6 Å². The van der Waals surface area contributed by atoms with Gasteiger partial charge in [0, 0.05) is 56.1 Å². The van der Waals surface area contributed by atoms with Gasteiger partial charge in [-0.1, -0.05) is 0 Å². The fourth-order valence-corrected chi connectivity index (χ4v) is 5.50. The average molecular weight is 597 g/mol. The summed E-state index contributed by atoms with van der Waals surface area (Å²) in [4.78, 5) is 31.9. The number of H-pyrrole nitrogens is 2. The first-order valence-electron chi connectivity index (χ1n) is 15.4. The normalized spacial score (nSPS) is 14.0. The number of ether oxygens (including phenoxy) is 1. The lowest BCUT2D eigenvalue weighted by Gasteiger charge is -2.34. The molecule has 0 atom stereocenters. The summed E-state index contributed by atoms with van der Waals surface area (Å²) >= 11 is 0. The lowest BCUT2D eigenvalue weighted by molar-refractivity contribution is 0.194. The number of hydrogen-bond donors (Lipinski definition) is 5. The number of amides is 1. The number of aromatic amines is 2. The molecule has 230 valence electrons. The monoisotopic (exact) mass is 596 g/mol. The van der Waals surface area contributed by atoms with Crippen molar-refractivity contribution in [2.75, 3.05) is 64.4 Å². The summed E-state index contributed by atoms with van der Waals surface area (Å²) in [5.41, 5.74) is 7.12. The van der Waals surface area contributed by atoms with Gasteiger partial charge in [0.15, 0.2) is 0 Å². The largest absolute Gasteiger partial charge is 0.494 e. The van der Waals surface area contributed by atoms with E-state index in [4.69, 9.17) is 19.8 Å². The second-order valence-corrected chi connectivity index (χ2v) is 11.3. The number of nitrogens with one attached hydrogen (secondary N) is 4. The van der Waals surface area contributed by atoms with Crippen LogP contribution in [0.4, 0.5) is 10.5 Å². The Morgan fingerprint density at radius 3 is 2.39 bits per heavy atom. The molecule has 0 saturated carbocycles. The average Bonchev–Trinajstić information content (AvgIpc) is 3.66. The van der Waals surface area contributed by atoms with Crippen LogP contribution in [0.25, 0.3) is 44.8 Å². The van der Waals surface area contributed by atoms with Crippen molar-refractivity contribution in [1.29, 1.82) is 0 Å². The molecule has 11 heteroatoms. The van der Waals surface area contributed by atoms with Crippen molar-refractivity contribution in [2.45, 2.75) is 19.3 Å². The van der Waals surface area contributed by atoms with Gasteiger partial charge in [-0.3, -0.25) is 0 Å². The molecule has 0 unspecified atom stereocenters. The fraction of sp³-hybridized carbons (Fsp3) is 0.364. The zero-order valence-corrected chi connectivity index (χ0v) is 25.1. The summed E-state index contributed by atoms with van der Waals surface area (Å²) in [6.45, 7) is 6.80. The number of hydrogen-bond acceptors (Lipinski definition) is 7. The van der Waals surface area contributed by atoms with E-state index in [2.05, 4.69) is 67.8 Å². The van der Waals surface area contributed by atoms with Crippen LogP contribution in [0.2, 0.25) is 0 Å². The maximum absolute atomic E-state index is 10.4. The SMILES string of the molecule is CN1CCN(c2ccc3[nH]c(-c4ccc5nc(-c6ccc(OCCCCCNCCNC(=O)O)cc6)[nH]c5c4)nc3c2)CC1. The molecule has 0 bridgehead atoms. The lowest BCUT2D eigenvalue weighted by Crippen LogP contribution is -2.44. The van der Waals surface area contributed by atoms with Crippen molar-refractivity contribution in [3.05, 3.63) is 60.7 Å². The molecule has 1 amide bonds. The highest BCUT2D eigenvalue weighted by atomic mass is 16.5. The molecule has 44 heavy (non-hydrogen) atoms. The minimum absolute atomic E-state index is 0.421. The third-order valence-corrected chi connectivity index (χ3v) is 8.06. The van der Waals surface area contributed by atoms with E-state index in [1.54, 1.807) is 0 Å². The minimum Gasteiger partial charge on any atom is -0.494 e. The van der Waals surface area contributed by atoms with E-state index in [1.807, 2.05) is 30.3 Å². The van der Waals surface area contributed by atoms with Gasteiger partial charge in [0.1, 0.15) is 17.4 Å². The smallest absolute Gasteiger partial charge is 0.404 e. The van der Waals surface area contributed by atoms with Crippen LogP contribution in [0.1, 0.15) is 19.3 Å². The number of likely N-dealkylation sites (N-methyl/N-ethyl adjacent to an activating group) is 1. The first-order chi connectivity index (χ1) is 21.5. The van der Waals surface area contributed by atoms with Crippen molar-refractivity contribution in [3.63, 3.8) is 0 Å². The Balaban J connectivity index is 1.02. The predicted molar refractivity (Wildman–Crippen MR) is 175 cm³/mol. The van der Waals surface area contributed by atoms with E-state index < -0.39 is 6.09 Å². The lowest BCUT2D eigenvalue weighted by atomic mass is 10.2. The van der Waals surface area contributed by atoms with Crippen molar-refractivity contribution in [2.24, 2.45) is 0 Å². The van der Waals surface area contributed by atoms with Crippen LogP contribution in [0.15, 0.2) is 60.7 Å². The molecule has 0 aliphatic carbocycles. The quantitative estimate of drug-likeness (QED) is 0.121. The van der Waals surface area contributed by atoms with Gasteiger partial charge in [-0.05, 0) is 93.5 Å². The Labute approximate surface area is 256 Å². The molecule has 3 heterocycles. The highest BCUT2D eigenvalue weighted by Gasteiger charge is 2.16. The number of unbranched alkanes of at least 4 members (excludes halogenated alkanes) is 2. The van der Waals surface area contributed by atoms with E-state index >= 15 is 0 Å². The summed E-state index contributed by atoms with van der Waals surface area (Å²) < 4.78 is 5.92. The number of carboxylic acid groups (broad SMARTS) is 1. The van der Waals surface area contributed by atoms with Crippen LogP contribution < -0.4 is 20.3 Å². The summed E-state index contributed by atoms with van der Waals surface area (Å²) in [6.07, 6.45) is 2.05. The summed E-state index contributed by atoms with van der Waals surface area (Å²) in [5, 5.41) is 14.1. The second kappa shape index (κ2) is 13.8. The number of imidazole rings is 2. The zero-order chi connectivity index (χ0) is 30.3. The van der Waals surface area contributed by atoms with Gasteiger partial charge < -0.3 is 40.2 Å². The molecular weight excluding hydrogens is 556 g/mol. The summed E-state index contributed by atoms with van der Waals surface area (Å²) in [7, 11) is 2.17. The van der Waals surface area contributed by atoms with Crippen LogP contribution in [-0.4, -0.2) is 95.5 Å². The number of nitrogens with zero attached hydrogens (tertiary/aromatic N) is 4. The topological polar surface area (TPSA) is 134 Å². The molecule has 1 fully saturated rings. The van der Waals surface area contributed by atoms with Crippen LogP contribution in [0.3, 0.4) is 0 Å². The number of piperazine rings is 1. The molecular formula is C33H40N8O3. The second-order valence-electron chi connectivity index (χ2n) is 11.3. The van der Waals surface area contributed by atoms with E-state index in [0.717, 1.165) is 103 Å². The Morgan fingerprint density at radius 2 is 1.57 bits per heavy atom. The standard InChI is InChI=1S/C33H40N8O3/c1-40-16-18-41(19-17-40)25-8-12-28-30(22-25)39-32(37-28)24-7-11-27-29(21-24)38-31(36-27)23-5-9-26(10-6-23)44-20-4-2-3-13-34-14-15-35-33(42)43/h5-12,21-22,34-35H,2-4,13-20H2,1H3,(H,36,38)(H,37,39)(H,42,43). The highest BCUT2D eigenvalue weighted by Crippen LogP contribution is 2.29. The predicted octanol–water partition coefficient (Wildman–Crippen LogP) is 4.93. The molecule has 5 N–H and O–H groups in total. The molecule has 5 aromatic rings. The van der Waals surface area contributed by atoms with Crippen molar-refractivity contribution in [1.82, 2.24) is 35.5 Å². The Morgan fingerprint density at radius 1 is 0.818 bits per heavy atom. The van der Waals surface area contributed by atoms with Crippen molar-refractivity contribution in [3.8, 4) is 28.5 Å². The Bertz CT molecular complexity index is 1690. The van der Waals surface area contributed by atoms with E-state index in [0.29, 0.717) is 19.7 Å². The number of fused-ring (bicyclic) bond motifs is 2. The maximum Gasteiger partial charge on any atom is 0.404 e. The minimum atomic E-state index is -0.988. The number of carbonyl (C=O) groups is 1. The molecule has 0 spiro atoms. The molecule has 0 radical (unpaired) electrons. The third kappa shape index (κ3) is 7.29. The van der Waals surface area contributed by atoms with Crippen LogP contribution in [0.5, 0.6) is 5.75 Å². The molecule has 3 aromatic carbocycles. The van der Waals surface area contributed by atoms with E-state index in [1.165, 1.54) is 5.69 Å². The number of rotatable bonds is 13. The van der Waals surface area contributed by atoms with Crippen LogP contribution in [0, 0.1) is 0 Å². The van der Waals surface area contributed by atoms with Gasteiger partial charge in [-0.25, -0.2) is 14.8 Å². The molecule has 1 aliphatic heterocycles. The van der Waals surface area contributed by atoms with Gasteiger partial charge in [0.2, 0.25) is 0 Å². The first-order valence-corrected chi connectivity index (χ1v) is 15.4. The molecule has 1 saturated heterocycles. The number of benzene rings is 3.